The molecule has 0 saturated heterocycles. The third-order valence-electron chi connectivity index (χ3n) is 11.6. The highest BCUT2D eigenvalue weighted by atomic mass is 16.5. The average molecular weight is 792 g/mol. The van der Waals surface area contributed by atoms with Crippen LogP contribution in [0.15, 0.2) is 12.2 Å². The van der Waals surface area contributed by atoms with Gasteiger partial charge in [-0.25, -0.2) is 0 Å². The molecule has 0 spiro atoms. The molecule has 3 N–H and O–H groups in total. The Hall–Kier alpha value is -1.40. The standard InChI is InChI=1S/C50H97NO5/c1-3-5-7-9-11-13-15-16-17-18-19-20-21-23-28-32-36-40-44-50(55)56-45-41-37-33-29-25-24-27-31-35-39-43-49(54)51-47(46-52)48(53)42-38-34-30-26-22-14-12-10-8-6-4-2/h17-18,47-48,52-53H,3-16,19-46H2,1-2H3,(H,51,54)/b18-17-. The lowest BCUT2D eigenvalue weighted by atomic mass is 10.0. The number of aliphatic hydroxyl groups excluding tert-OH is 2. The third kappa shape index (κ3) is 42.2. The number of aliphatic hydroxyl groups is 2. The molecule has 0 aliphatic rings. The van der Waals surface area contributed by atoms with E-state index in [4.69, 9.17) is 4.74 Å². The highest BCUT2D eigenvalue weighted by molar-refractivity contribution is 5.76. The zero-order valence-electron chi connectivity index (χ0n) is 37.6. The van der Waals surface area contributed by atoms with Gasteiger partial charge in [-0.15, -0.1) is 0 Å². The number of hydrogen-bond donors (Lipinski definition) is 3. The molecule has 0 aliphatic carbocycles. The number of esters is 1. The van der Waals surface area contributed by atoms with Crippen LogP contribution in [0.1, 0.15) is 271 Å². The Morgan fingerprint density at radius 2 is 0.839 bits per heavy atom. The Kier molecular flexibility index (Phi) is 45.1. The van der Waals surface area contributed by atoms with Crippen LogP contribution in [0.25, 0.3) is 0 Å². The normalized spacial score (nSPS) is 12.7. The van der Waals surface area contributed by atoms with Crippen molar-refractivity contribution in [3.8, 4) is 0 Å². The highest BCUT2D eigenvalue weighted by Gasteiger charge is 2.20. The van der Waals surface area contributed by atoms with E-state index >= 15 is 0 Å². The minimum atomic E-state index is -0.676. The van der Waals surface area contributed by atoms with Gasteiger partial charge >= 0.3 is 5.97 Å². The summed E-state index contributed by atoms with van der Waals surface area (Å²) in [5.41, 5.74) is 0. The summed E-state index contributed by atoms with van der Waals surface area (Å²) in [4.78, 5) is 24.4. The van der Waals surface area contributed by atoms with Crippen LogP contribution in [-0.4, -0.2) is 47.4 Å². The maximum atomic E-state index is 12.4. The lowest BCUT2D eigenvalue weighted by molar-refractivity contribution is -0.143. The van der Waals surface area contributed by atoms with Gasteiger partial charge in [-0.2, -0.15) is 0 Å². The van der Waals surface area contributed by atoms with E-state index in [1.54, 1.807) is 0 Å². The van der Waals surface area contributed by atoms with Crippen molar-refractivity contribution in [2.45, 2.75) is 283 Å². The number of unbranched alkanes of at least 4 members (excludes halogenated alkanes) is 33. The number of carbonyl (C=O) groups excluding carboxylic acids is 2. The van der Waals surface area contributed by atoms with E-state index in [1.807, 2.05) is 0 Å². The summed E-state index contributed by atoms with van der Waals surface area (Å²) in [6.45, 7) is 4.89. The third-order valence-corrected chi connectivity index (χ3v) is 11.6. The van der Waals surface area contributed by atoms with Crippen molar-refractivity contribution in [3.63, 3.8) is 0 Å². The monoisotopic (exact) mass is 792 g/mol. The SMILES string of the molecule is CCCCCCCCC/C=C\CCCCCCCCCC(=O)OCCCCCCCCCCCCC(=O)NC(CO)C(O)CCCCCCCCCCCCC. The first kappa shape index (κ1) is 54.6. The Morgan fingerprint density at radius 3 is 1.27 bits per heavy atom. The Labute approximate surface area is 349 Å². The fourth-order valence-electron chi connectivity index (χ4n) is 7.69. The molecule has 1 amide bonds. The van der Waals surface area contributed by atoms with Gasteiger partial charge in [-0.05, 0) is 51.4 Å². The molecule has 0 rings (SSSR count). The van der Waals surface area contributed by atoms with Gasteiger partial charge in [0.15, 0.2) is 0 Å². The van der Waals surface area contributed by atoms with Gasteiger partial charge in [0.1, 0.15) is 0 Å². The van der Waals surface area contributed by atoms with E-state index in [9.17, 15) is 19.8 Å². The smallest absolute Gasteiger partial charge is 0.305 e. The van der Waals surface area contributed by atoms with Gasteiger partial charge in [0.05, 0.1) is 25.4 Å². The molecule has 6 heteroatoms. The van der Waals surface area contributed by atoms with Crippen molar-refractivity contribution in [3.05, 3.63) is 12.2 Å². The molecule has 332 valence electrons. The van der Waals surface area contributed by atoms with Crippen LogP contribution in [0, 0.1) is 0 Å². The zero-order chi connectivity index (χ0) is 40.8. The van der Waals surface area contributed by atoms with E-state index in [0.717, 1.165) is 57.8 Å². The Bertz CT molecular complexity index is 832. The van der Waals surface area contributed by atoms with Gasteiger partial charge in [0, 0.05) is 12.8 Å². The van der Waals surface area contributed by atoms with Crippen LogP contribution in [0.4, 0.5) is 0 Å². The molecule has 56 heavy (non-hydrogen) atoms. The van der Waals surface area contributed by atoms with Gasteiger partial charge in [0.2, 0.25) is 5.91 Å². The quantitative estimate of drug-likeness (QED) is 0.0324. The lowest BCUT2D eigenvalue weighted by Crippen LogP contribution is -2.45. The van der Waals surface area contributed by atoms with Gasteiger partial charge < -0.3 is 20.3 Å². The number of amides is 1. The van der Waals surface area contributed by atoms with E-state index in [-0.39, 0.29) is 18.5 Å². The molecule has 0 aromatic rings. The Balaban J connectivity index is 3.45. The van der Waals surface area contributed by atoms with E-state index in [0.29, 0.717) is 25.9 Å². The second-order valence-electron chi connectivity index (χ2n) is 17.1. The summed E-state index contributed by atoms with van der Waals surface area (Å²) in [7, 11) is 0. The van der Waals surface area contributed by atoms with Crippen molar-refractivity contribution in [2.75, 3.05) is 13.2 Å². The molecule has 0 heterocycles. The van der Waals surface area contributed by atoms with E-state index in [2.05, 4.69) is 31.3 Å². The average Bonchev–Trinajstić information content (AvgIpc) is 3.20. The summed E-state index contributed by atoms with van der Waals surface area (Å²) >= 11 is 0. The molecule has 0 radical (unpaired) electrons. The van der Waals surface area contributed by atoms with Crippen molar-refractivity contribution in [1.29, 1.82) is 0 Å². The van der Waals surface area contributed by atoms with Crippen LogP contribution in [0.3, 0.4) is 0 Å². The van der Waals surface area contributed by atoms with Crippen molar-refractivity contribution >= 4 is 11.9 Å². The van der Waals surface area contributed by atoms with E-state index < -0.39 is 12.1 Å². The van der Waals surface area contributed by atoms with Crippen LogP contribution in [-0.2, 0) is 14.3 Å². The number of carbonyl (C=O) groups is 2. The van der Waals surface area contributed by atoms with Gasteiger partial charge in [-0.3, -0.25) is 9.59 Å². The topological polar surface area (TPSA) is 95.9 Å². The largest absolute Gasteiger partial charge is 0.466 e. The van der Waals surface area contributed by atoms with Crippen molar-refractivity contribution in [1.82, 2.24) is 5.32 Å². The number of hydrogen-bond acceptors (Lipinski definition) is 5. The maximum Gasteiger partial charge on any atom is 0.305 e. The number of nitrogens with one attached hydrogen (secondary N) is 1. The van der Waals surface area contributed by atoms with Gasteiger partial charge in [-0.1, -0.05) is 219 Å². The summed E-state index contributed by atoms with van der Waals surface area (Å²) < 4.78 is 5.46. The fourth-order valence-corrected chi connectivity index (χ4v) is 7.69. The van der Waals surface area contributed by atoms with Gasteiger partial charge in [0.25, 0.3) is 0 Å². The number of rotatable bonds is 46. The summed E-state index contributed by atoms with van der Waals surface area (Å²) in [5.74, 6) is -0.0805. The predicted molar refractivity (Wildman–Crippen MR) is 241 cm³/mol. The number of ether oxygens (including phenoxy) is 1. The second kappa shape index (κ2) is 46.3. The van der Waals surface area contributed by atoms with Crippen LogP contribution in [0.5, 0.6) is 0 Å². The van der Waals surface area contributed by atoms with Crippen LogP contribution in [0.2, 0.25) is 0 Å². The van der Waals surface area contributed by atoms with Crippen LogP contribution < -0.4 is 5.32 Å². The first-order chi connectivity index (χ1) is 27.5. The molecule has 0 bridgehead atoms. The molecule has 2 unspecified atom stereocenters. The first-order valence-electron chi connectivity index (χ1n) is 24.9. The molecule has 0 fully saturated rings. The summed E-state index contributed by atoms with van der Waals surface area (Å²) in [6, 6.07) is -0.556. The zero-order valence-corrected chi connectivity index (χ0v) is 37.6. The number of allylic oxidation sites excluding steroid dienone is 2. The lowest BCUT2D eigenvalue weighted by Gasteiger charge is -2.22. The molecule has 0 saturated carbocycles. The molecular formula is C50H97NO5. The molecule has 0 aliphatic heterocycles. The second-order valence-corrected chi connectivity index (χ2v) is 17.1. The maximum absolute atomic E-state index is 12.4. The minimum absolute atomic E-state index is 0.0219. The fraction of sp³-hybridized carbons (Fsp3) is 0.920. The molecule has 6 nitrogen and oxygen atoms in total. The predicted octanol–water partition coefficient (Wildman–Crippen LogP) is 14.6. The molecule has 0 aromatic carbocycles. The summed E-state index contributed by atoms with van der Waals surface area (Å²) in [6.07, 6.45) is 51.7. The van der Waals surface area contributed by atoms with Crippen molar-refractivity contribution in [2.24, 2.45) is 0 Å². The Morgan fingerprint density at radius 1 is 0.482 bits per heavy atom. The first-order valence-corrected chi connectivity index (χ1v) is 24.9. The molecule has 2 atom stereocenters. The molecular weight excluding hydrogens is 695 g/mol. The minimum Gasteiger partial charge on any atom is -0.466 e. The summed E-state index contributed by atoms with van der Waals surface area (Å²) in [5, 5.41) is 23.1. The van der Waals surface area contributed by atoms with Crippen molar-refractivity contribution < 1.29 is 24.5 Å². The molecule has 0 aromatic heterocycles. The van der Waals surface area contributed by atoms with Crippen LogP contribution >= 0.6 is 0 Å². The highest BCUT2D eigenvalue weighted by Crippen LogP contribution is 2.16. The van der Waals surface area contributed by atoms with E-state index in [1.165, 1.54) is 180 Å².